The quantitative estimate of drug-likeness (QED) is 0.346. The monoisotopic (exact) mass is 422 g/mol. The van der Waals surface area contributed by atoms with Gasteiger partial charge in [0.05, 0.1) is 13.2 Å². The van der Waals surface area contributed by atoms with Crippen LogP contribution in [0.25, 0.3) is 0 Å². The van der Waals surface area contributed by atoms with Crippen molar-refractivity contribution in [3.63, 3.8) is 0 Å². The van der Waals surface area contributed by atoms with Gasteiger partial charge in [0.25, 0.3) is 0 Å². The Morgan fingerprint density at radius 1 is 0.935 bits per heavy atom. The van der Waals surface area contributed by atoms with Gasteiger partial charge in [-0.3, -0.25) is 0 Å². The highest BCUT2D eigenvalue weighted by Gasteiger charge is 2.27. The average Bonchev–Trinajstić information content (AvgIpc) is 3.67. The molecule has 0 aromatic heterocycles. The number of epoxide rings is 2. The molecule has 0 bridgehead atoms. The first-order valence-corrected chi connectivity index (χ1v) is 11.4. The Balaban J connectivity index is 1.58. The van der Waals surface area contributed by atoms with Crippen molar-refractivity contribution in [1.82, 2.24) is 0 Å². The number of benzene rings is 2. The van der Waals surface area contributed by atoms with Crippen LogP contribution in [0.15, 0.2) is 49.1 Å². The second-order valence-electron chi connectivity index (χ2n) is 9.05. The number of hydrogen-bond donors (Lipinski definition) is 0. The van der Waals surface area contributed by atoms with Gasteiger partial charge in [0.15, 0.2) is 0 Å². The van der Waals surface area contributed by atoms with Crippen LogP contribution in [0.2, 0.25) is 0 Å². The highest BCUT2D eigenvalue weighted by atomic mass is 16.6. The van der Waals surface area contributed by atoms with Crippen molar-refractivity contribution in [1.29, 1.82) is 0 Å². The molecule has 4 heteroatoms. The third-order valence-electron chi connectivity index (χ3n) is 6.10. The summed E-state index contributed by atoms with van der Waals surface area (Å²) in [4.78, 5) is 0. The van der Waals surface area contributed by atoms with E-state index in [0.29, 0.717) is 13.2 Å². The minimum Gasteiger partial charge on any atom is -0.491 e. The average molecular weight is 423 g/mol. The van der Waals surface area contributed by atoms with Gasteiger partial charge in [0.1, 0.15) is 36.9 Å². The maximum atomic E-state index is 6.04. The molecule has 0 amide bonds. The van der Waals surface area contributed by atoms with E-state index in [-0.39, 0.29) is 17.6 Å². The molecule has 2 aliphatic rings. The van der Waals surface area contributed by atoms with Crippen molar-refractivity contribution in [3.8, 4) is 11.5 Å². The maximum Gasteiger partial charge on any atom is 0.122 e. The third-order valence-corrected chi connectivity index (χ3v) is 6.10. The first-order valence-electron chi connectivity index (χ1n) is 11.4. The molecule has 0 radical (unpaired) electrons. The molecule has 0 saturated carbocycles. The van der Waals surface area contributed by atoms with Crippen molar-refractivity contribution < 1.29 is 18.9 Å². The Bertz CT molecular complexity index is 909. The van der Waals surface area contributed by atoms with Crippen LogP contribution in [-0.2, 0) is 27.7 Å². The number of rotatable bonds is 12. The van der Waals surface area contributed by atoms with Gasteiger partial charge in [0, 0.05) is 5.41 Å². The number of aryl methyl sites for hydroxylation is 1. The molecular formula is C27H34O4. The Morgan fingerprint density at radius 3 is 1.94 bits per heavy atom. The molecule has 166 valence electrons. The fraction of sp³-hybridized carbons (Fsp3) is 0.481. The van der Waals surface area contributed by atoms with Gasteiger partial charge in [0.2, 0.25) is 0 Å². The van der Waals surface area contributed by atoms with Crippen molar-refractivity contribution in [2.75, 3.05) is 26.4 Å². The summed E-state index contributed by atoms with van der Waals surface area (Å²) in [5.41, 5.74) is 4.84. The lowest BCUT2D eigenvalue weighted by atomic mass is 9.76. The van der Waals surface area contributed by atoms with E-state index in [1.165, 1.54) is 22.3 Å². The SMILES string of the molecule is C=CCc1cc(C(C)(C)c2ccc(OCC3CO3)c(CCC)c2)ccc1OCC1CO1. The van der Waals surface area contributed by atoms with Gasteiger partial charge in [-0.15, -0.1) is 6.58 Å². The summed E-state index contributed by atoms with van der Waals surface area (Å²) in [7, 11) is 0. The molecule has 4 nitrogen and oxygen atoms in total. The molecule has 2 aromatic rings. The van der Waals surface area contributed by atoms with E-state index < -0.39 is 0 Å². The van der Waals surface area contributed by atoms with Crippen LogP contribution in [-0.4, -0.2) is 38.6 Å². The van der Waals surface area contributed by atoms with E-state index in [2.05, 4.69) is 63.7 Å². The van der Waals surface area contributed by atoms with Crippen LogP contribution in [0.1, 0.15) is 49.4 Å². The fourth-order valence-electron chi connectivity index (χ4n) is 3.86. The van der Waals surface area contributed by atoms with Gasteiger partial charge in [-0.1, -0.05) is 57.5 Å². The lowest BCUT2D eigenvalue weighted by molar-refractivity contribution is 0.261. The van der Waals surface area contributed by atoms with E-state index in [0.717, 1.165) is 44.0 Å². The summed E-state index contributed by atoms with van der Waals surface area (Å²) >= 11 is 0. The number of hydrogen-bond acceptors (Lipinski definition) is 4. The van der Waals surface area contributed by atoms with Gasteiger partial charge in [-0.25, -0.2) is 0 Å². The van der Waals surface area contributed by atoms with E-state index >= 15 is 0 Å². The summed E-state index contributed by atoms with van der Waals surface area (Å²) in [6.07, 6.45) is 5.31. The Kier molecular flexibility index (Phi) is 6.68. The van der Waals surface area contributed by atoms with E-state index in [9.17, 15) is 0 Å². The Labute approximate surface area is 186 Å². The lowest BCUT2D eigenvalue weighted by Crippen LogP contribution is -2.20. The van der Waals surface area contributed by atoms with Crippen LogP contribution in [0.5, 0.6) is 11.5 Å². The molecule has 2 heterocycles. The van der Waals surface area contributed by atoms with Crippen molar-refractivity contribution in [3.05, 3.63) is 71.3 Å². The van der Waals surface area contributed by atoms with Gasteiger partial charge >= 0.3 is 0 Å². The summed E-state index contributed by atoms with van der Waals surface area (Å²) in [5, 5.41) is 0. The Morgan fingerprint density at radius 2 is 1.45 bits per heavy atom. The molecule has 0 aliphatic carbocycles. The van der Waals surface area contributed by atoms with Gasteiger partial charge < -0.3 is 18.9 Å². The molecule has 31 heavy (non-hydrogen) atoms. The molecule has 2 saturated heterocycles. The molecule has 0 spiro atoms. The first-order chi connectivity index (χ1) is 15.0. The highest BCUT2D eigenvalue weighted by molar-refractivity contribution is 5.48. The lowest BCUT2D eigenvalue weighted by Gasteiger charge is -2.28. The molecule has 2 atom stereocenters. The largest absolute Gasteiger partial charge is 0.491 e. The predicted molar refractivity (Wildman–Crippen MR) is 123 cm³/mol. The molecule has 2 aliphatic heterocycles. The summed E-state index contributed by atoms with van der Waals surface area (Å²) in [6, 6.07) is 13.2. The van der Waals surface area contributed by atoms with Crippen LogP contribution in [0.3, 0.4) is 0 Å². The molecule has 0 N–H and O–H groups in total. The predicted octanol–water partition coefficient (Wildman–Crippen LogP) is 5.25. The summed E-state index contributed by atoms with van der Waals surface area (Å²) in [5.74, 6) is 1.91. The molecule has 2 unspecified atom stereocenters. The second-order valence-corrected chi connectivity index (χ2v) is 9.05. The smallest absolute Gasteiger partial charge is 0.122 e. The van der Waals surface area contributed by atoms with Crippen molar-refractivity contribution >= 4 is 0 Å². The summed E-state index contributed by atoms with van der Waals surface area (Å²) in [6.45, 7) is 13.6. The van der Waals surface area contributed by atoms with Crippen molar-refractivity contribution in [2.45, 2.75) is 57.7 Å². The van der Waals surface area contributed by atoms with Gasteiger partial charge in [-0.05, 0) is 47.2 Å². The van der Waals surface area contributed by atoms with Crippen molar-refractivity contribution in [2.24, 2.45) is 0 Å². The van der Waals surface area contributed by atoms with Crippen LogP contribution in [0.4, 0.5) is 0 Å². The second kappa shape index (κ2) is 9.46. The van der Waals surface area contributed by atoms with E-state index in [1.54, 1.807) is 0 Å². The van der Waals surface area contributed by atoms with Gasteiger partial charge in [-0.2, -0.15) is 0 Å². The number of allylic oxidation sites excluding steroid dienone is 1. The molecular weight excluding hydrogens is 388 g/mol. The normalized spacial score (nSPS) is 19.7. The van der Waals surface area contributed by atoms with E-state index in [4.69, 9.17) is 18.9 Å². The van der Waals surface area contributed by atoms with Crippen LogP contribution < -0.4 is 9.47 Å². The molecule has 4 rings (SSSR count). The molecule has 2 aromatic carbocycles. The zero-order chi connectivity index (χ0) is 21.8. The minimum atomic E-state index is -0.144. The number of ether oxygens (including phenoxy) is 4. The maximum absolute atomic E-state index is 6.04. The minimum absolute atomic E-state index is 0.144. The molecule has 2 fully saturated rings. The van der Waals surface area contributed by atoms with E-state index in [1.807, 2.05) is 6.08 Å². The first kappa shape index (κ1) is 21.9. The standard InChI is InChI=1S/C27H34O4/c1-5-7-19-13-21(9-11-25(19)30-17-23-15-28-23)27(3,4)22-10-12-26(20(14-22)8-6-2)31-18-24-16-29-24/h5,9-14,23-24H,1,6-8,15-18H2,2-4H3. The third kappa shape index (κ3) is 5.50. The topological polar surface area (TPSA) is 43.5 Å². The zero-order valence-electron chi connectivity index (χ0n) is 19.0. The summed E-state index contributed by atoms with van der Waals surface area (Å²) < 4.78 is 22.6. The zero-order valence-corrected chi connectivity index (χ0v) is 19.0. The Hall–Kier alpha value is -2.30. The highest BCUT2D eigenvalue weighted by Crippen LogP contribution is 2.37. The van der Waals surface area contributed by atoms with Crippen LogP contribution >= 0.6 is 0 Å². The fourth-order valence-corrected chi connectivity index (χ4v) is 3.86. The van der Waals surface area contributed by atoms with Crippen LogP contribution in [0, 0.1) is 0 Å².